The summed E-state index contributed by atoms with van der Waals surface area (Å²) in [6.45, 7) is 0. The number of halogens is 5. The maximum absolute atomic E-state index is 12.9. The second-order valence-corrected chi connectivity index (χ2v) is 8.27. The van der Waals surface area contributed by atoms with Crippen molar-refractivity contribution in [2.75, 3.05) is 5.32 Å². The molecule has 0 bridgehead atoms. The molecule has 2 rings (SSSR count). The van der Waals surface area contributed by atoms with Crippen molar-refractivity contribution in [2.45, 2.75) is 9.96 Å². The van der Waals surface area contributed by atoms with Crippen molar-refractivity contribution in [3.63, 3.8) is 0 Å². The summed E-state index contributed by atoms with van der Waals surface area (Å²) in [4.78, 5) is 12.3. The predicted octanol–water partition coefficient (Wildman–Crippen LogP) is 4.89. The molecule has 0 heterocycles. The molecule has 3 N–H and O–H groups in total. The van der Waals surface area contributed by atoms with Gasteiger partial charge in [-0.05, 0) is 60.7 Å². The van der Waals surface area contributed by atoms with E-state index in [-0.39, 0.29) is 10.9 Å². The number of anilines is 1. The normalized spacial score (nSPS) is 12.2. The van der Waals surface area contributed by atoms with E-state index in [4.69, 9.17) is 58.6 Å². The number of thiocarbonyl (C=S) groups is 1. The SMILES string of the molecule is O=C(N[C@@H](NC(=S)Nc1ccc(F)cc1)C(Cl)(Cl)Cl)c1ccc(Cl)cc1. The van der Waals surface area contributed by atoms with Gasteiger partial charge in [-0.2, -0.15) is 0 Å². The summed E-state index contributed by atoms with van der Waals surface area (Å²) >= 11 is 28.7. The molecule has 1 amide bonds. The van der Waals surface area contributed by atoms with Gasteiger partial charge in [-0.15, -0.1) is 0 Å². The van der Waals surface area contributed by atoms with Crippen LogP contribution >= 0.6 is 58.6 Å². The van der Waals surface area contributed by atoms with Crippen LogP contribution in [-0.2, 0) is 0 Å². The quantitative estimate of drug-likeness (QED) is 0.349. The molecule has 0 aliphatic rings. The number of benzene rings is 2. The van der Waals surface area contributed by atoms with Gasteiger partial charge >= 0.3 is 0 Å². The van der Waals surface area contributed by atoms with Crippen LogP contribution in [0.1, 0.15) is 10.4 Å². The molecule has 2 aromatic rings. The lowest BCUT2D eigenvalue weighted by molar-refractivity contribution is 0.0934. The summed E-state index contributed by atoms with van der Waals surface area (Å²) < 4.78 is 11.0. The highest BCUT2D eigenvalue weighted by Crippen LogP contribution is 2.29. The van der Waals surface area contributed by atoms with Gasteiger partial charge in [0, 0.05) is 16.3 Å². The molecule has 138 valence electrons. The first-order valence-corrected chi connectivity index (χ1v) is 9.03. The summed E-state index contributed by atoms with van der Waals surface area (Å²) in [6.07, 6.45) is -1.13. The van der Waals surface area contributed by atoms with E-state index in [1.54, 1.807) is 12.1 Å². The van der Waals surface area contributed by atoms with Crippen LogP contribution in [-0.4, -0.2) is 21.0 Å². The van der Waals surface area contributed by atoms with Gasteiger partial charge in [0.05, 0.1) is 0 Å². The summed E-state index contributed by atoms with van der Waals surface area (Å²) in [7, 11) is 0. The van der Waals surface area contributed by atoms with Crippen LogP contribution in [0.15, 0.2) is 48.5 Å². The molecular weight excluding hydrogens is 443 g/mol. The van der Waals surface area contributed by atoms with Crippen LogP contribution < -0.4 is 16.0 Å². The average molecular weight is 455 g/mol. The number of carbonyl (C=O) groups is 1. The van der Waals surface area contributed by atoms with Crippen LogP contribution in [0.25, 0.3) is 0 Å². The van der Waals surface area contributed by atoms with Crippen LogP contribution in [0.4, 0.5) is 10.1 Å². The number of hydrogen-bond acceptors (Lipinski definition) is 2. The number of carbonyl (C=O) groups excluding carboxylic acids is 1. The van der Waals surface area contributed by atoms with Gasteiger partial charge in [0.15, 0.2) is 5.11 Å². The van der Waals surface area contributed by atoms with Gasteiger partial charge < -0.3 is 16.0 Å². The van der Waals surface area contributed by atoms with Crippen molar-refractivity contribution in [3.8, 4) is 0 Å². The third-order valence-electron chi connectivity index (χ3n) is 3.09. The first-order chi connectivity index (χ1) is 12.1. The Morgan fingerprint density at radius 1 is 1.00 bits per heavy atom. The Hall–Kier alpha value is -1.31. The molecule has 0 saturated heterocycles. The largest absolute Gasteiger partial charge is 0.339 e. The Balaban J connectivity index is 2.04. The van der Waals surface area contributed by atoms with Crippen molar-refractivity contribution in [3.05, 3.63) is 64.9 Å². The average Bonchev–Trinajstić information content (AvgIpc) is 2.56. The second-order valence-electron chi connectivity index (χ2n) is 5.06. The van der Waals surface area contributed by atoms with Crippen molar-refractivity contribution in [1.82, 2.24) is 10.6 Å². The lowest BCUT2D eigenvalue weighted by atomic mass is 10.2. The van der Waals surface area contributed by atoms with E-state index in [0.29, 0.717) is 16.3 Å². The van der Waals surface area contributed by atoms with E-state index in [0.717, 1.165) is 0 Å². The Morgan fingerprint density at radius 3 is 2.12 bits per heavy atom. The van der Waals surface area contributed by atoms with Crippen molar-refractivity contribution in [2.24, 2.45) is 0 Å². The van der Waals surface area contributed by atoms with Gasteiger partial charge in [-0.25, -0.2) is 4.39 Å². The number of hydrogen-bond donors (Lipinski definition) is 3. The van der Waals surface area contributed by atoms with Crippen molar-refractivity contribution >= 4 is 75.3 Å². The number of amides is 1. The summed E-state index contributed by atoms with van der Waals surface area (Å²) in [5.41, 5.74) is 0.851. The standard InChI is InChI=1S/C16H12Cl4FN3OS/c17-10-3-1-9(2-4-10)13(25)23-14(16(18,19)20)24-15(26)22-12-7-5-11(21)6-8-12/h1-8,14H,(H,23,25)(H2,22,24,26)/t14-/m0/s1. The zero-order valence-electron chi connectivity index (χ0n) is 12.9. The number of rotatable bonds is 4. The maximum Gasteiger partial charge on any atom is 0.252 e. The number of nitrogens with one attached hydrogen (secondary N) is 3. The topological polar surface area (TPSA) is 53.2 Å². The molecule has 2 aromatic carbocycles. The van der Waals surface area contributed by atoms with E-state index < -0.39 is 15.9 Å². The highest BCUT2D eigenvalue weighted by molar-refractivity contribution is 7.80. The van der Waals surface area contributed by atoms with Crippen LogP contribution in [0, 0.1) is 5.82 Å². The molecule has 0 aromatic heterocycles. The lowest BCUT2D eigenvalue weighted by Gasteiger charge is -2.27. The molecule has 0 saturated carbocycles. The monoisotopic (exact) mass is 453 g/mol. The zero-order valence-corrected chi connectivity index (χ0v) is 16.7. The Labute approximate surface area is 174 Å². The van der Waals surface area contributed by atoms with Crippen LogP contribution in [0.5, 0.6) is 0 Å². The zero-order chi connectivity index (χ0) is 19.3. The third-order valence-corrected chi connectivity index (χ3v) is 4.21. The van der Waals surface area contributed by atoms with Crippen LogP contribution in [0.2, 0.25) is 5.02 Å². The van der Waals surface area contributed by atoms with E-state index in [1.165, 1.54) is 36.4 Å². The second kappa shape index (κ2) is 9.06. The number of alkyl halides is 3. The highest BCUT2D eigenvalue weighted by Gasteiger charge is 2.34. The van der Waals surface area contributed by atoms with Crippen molar-refractivity contribution in [1.29, 1.82) is 0 Å². The van der Waals surface area contributed by atoms with Gasteiger partial charge in [0.25, 0.3) is 5.91 Å². The minimum absolute atomic E-state index is 0.0735. The van der Waals surface area contributed by atoms with E-state index in [1.807, 2.05) is 0 Å². The van der Waals surface area contributed by atoms with Gasteiger partial charge in [0.2, 0.25) is 3.79 Å². The van der Waals surface area contributed by atoms with E-state index >= 15 is 0 Å². The predicted molar refractivity (Wildman–Crippen MR) is 109 cm³/mol. The maximum atomic E-state index is 12.9. The molecule has 0 unspecified atom stereocenters. The van der Waals surface area contributed by atoms with E-state index in [2.05, 4.69) is 16.0 Å². The minimum Gasteiger partial charge on any atom is -0.339 e. The summed E-state index contributed by atoms with van der Waals surface area (Å²) in [5.74, 6) is -0.876. The fourth-order valence-electron chi connectivity index (χ4n) is 1.85. The molecule has 1 atom stereocenters. The Bertz CT molecular complexity index is 782. The molecule has 0 radical (unpaired) electrons. The third kappa shape index (κ3) is 6.45. The summed E-state index contributed by atoms with van der Waals surface area (Å²) in [5, 5.41) is 8.61. The van der Waals surface area contributed by atoms with Gasteiger partial charge in [-0.1, -0.05) is 46.4 Å². The molecule has 10 heteroatoms. The molecule has 0 spiro atoms. The Kier molecular flexibility index (Phi) is 7.32. The molecule has 0 fully saturated rings. The van der Waals surface area contributed by atoms with E-state index in [9.17, 15) is 9.18 Å². The fraction of sp³-hybridized carbons (Fsp3) is 0.125. The van der Waals surface area contributed by atoms with Crippen LogP contribution in [0.3, 0.4) is 0 Å². The molecule has 0 aliphatic carbocycles. The smallest absolute Gasteiger partial charge is 0.252 e. The molecule has 26 heavy (non-hydrogen) atoms. The first kappa shape index (κ1) is 21.0. The fourth-order valence-corrected chi connectivity index (χ4v) is 2.54. The summed E-state index contributed by atoms with van der Waals surface area (Å²) in [6, 6.07) is 11.7. The lowest BCUT2D eigenvalue weighted by Crippen LogP contribution is -2.56. The minimum atomic E-state index is -1.89. The highest BCUT2D eigenvalue weighted by atomic mass is 35.6. The first-order valence-electron chi connectivity index (χ1n) is 7.11. The molecule has 0 aliphatic heterocycles. The van der Waals surface area contributed by atoms with Gasteiger partial charge in [-0.3, -0.25) is 4.79 Å². The molecule has 4 nitrogen and oxygen atoms in total. The van der Waals surface area contributed by atoms with Crippen molar-refractivity contribution < 1.29 is 9.18 Å². The molecular formula is C16H12Cl4FN3OS. The Morgan fingerprint density at radius 2 is 1.58 bits per heavy atom. The van der Waals surface area contributed by atoms with Gasteiger partial charge in [0.1, 0.15) is 12.0 Å².